The third-order valence-corrected chi connectivity index (χ3v) is 9.35. The van der Waals surface area contributed by atoms with Gasteiger partial charge in [0.1, 0.15) is 23.0 Å². The first-order chi connectivity index (χ1) is 20.7. The van der Waals surface area contributed by atoms with Gasteiger partial charge in [-0.15, -0.1) is 0 Å². The molecule has 0 aromatic heterocycles. The number of phenolic OH excluding ortho intramolecular Hbond substituents is 4. The lowest BCUT2D eigenvalue weighted by molar-refractivity contribution is 0.450. The van der Waals surface area contributed by atoms with E-state index in [1.165, 1.54) is 0 Å². The van der Waals surface area contributed by atoms with E-state index in [2.05, 4.69) is 55.4 Å². The Morgan fingerprint density at radius 2 is 0.455 bits per heavy atom. The van der Waals surface area contributed by atoms with Crippen molar-refractivity contribution in [2.45, 2.75) is 105 Å². The van der Waals surface area contributed by atoms with E-state index in [4.69, 9.17) is 0 Å². The highest BCUT2D eigenvalue weighted by Crippen LogP contribution is 2.41. The topological polar surface area (TPSA) is 80.9 Å². The lowest BCUT2D eigenvalue weighted by Crippen LogP contribution is -2.05. The smallest absolute Gasteiger partial charge is 0.122 e. The van der Waals surface area contributed by atoms with Crippen LogP contribution in [0.15, 0.2) is 48.5 Å². The van der Waals surface area contributed by atoms with Crippen LogP contribution < -0.4 is 0 Å². The van der Waals surface area contributed by atoms with Gasteiger partial charge in [0, 0.05) is 25.7 Å². The van der Waals surface area contributed by atoms with Crippen molar-refractivity contribution in [2.24, 2.45) is 0 Å². The molecule has 4 aromatic carbocycles. The molecule has 232 valence electrons. The van der Waals surface area contributed by atoms with Gasteiger partial charge in [-0.05, 0) is 90.4 Å². The average Bonchev–Trinajstić information content (AvgIpc) is 2.95. The van der Waals surface area contributed by atoms with Gasteiger partial charge in [0.15, 0.2) is 0 Å². The van der Waals surface area contributed by atoms with E-state index >= 15 is 0 Å². The first-order valence-corrected chi connectivity index (χ1v) is 16.1. The van der Waals surface area contributed by atoms with Gasteiger partial charge in [-0.3, -0.25) is 0 Å². The number of hydrogen-bond donors (Lipinski definition) is 4. The van der Waals surface area contributed by atoms with Crippen molar-refractivity contribution in [3.05, 3.63) is 115 Å². The Balaban J connectivity index is 1.84. The van der Waals surface area contributed by atoms with Crippen LogP contribution in [0.3, 0.4) is 0 Å². The van der Waals surface area contributed by atoms with E-state index in [1.807, 2.05) is 48.5 Å². The van der Waals surface area contributed by atoms with Crippen LogP contribution in [0.4, 0.5) is 0 Å². The summed E-state index contributed by atoms with van der Waals surface area (Å²) in [5.74, 6) is 1.77. The van der Waals surface area contributed by atoms with Crippen LogP contribution in [0.25, 0.3) is 0 Å². The third-order valence-electron chi connectivity index (χ3n) is 9.35. The molecule has 0 aliphatic heterocycles. The molecule has 0 heterocycles. The molecule has 0 unspecified atom stereocenters. The predicted molar refractivity (Wildman–Crippen MR) is 180 cm³/mol. The summed E-state index contributed by atoms with van der Waals surface area (Å²) in [5, 5.41) is 46.8. The van der Waals surface area contributed by atoms with Crippen molar-refractivity contribution >= 4 is 0 Å². The summed E-state index contributed by atoms with van der Waals surface area (Å²) >= 11 is 0. The fourth-order valence-electron chi connectivity index (χ4n) is 6.38. The molecular formula is C40H48O4. The van der Waals surface area contributed by atoms with Crippen molar-refractivity contribution < 1.29 is 20.4 Å². The van der Waals surface area contributed by atoms with Crippen LogP contribution in [0, 0.1) is 0 Å². The van der Waals surface area contributed by atoms with E-state index in [0.29, 0.717) is 25.7 Å². The zero-order chi connectivity index (χ0) is 32.0. The Morgan fingerprint density at radius 1 is 0.318 bits per heavy atom. The Morgan fingerprint density at radius 3 is 0.568 bits per heavy atom. The summed E-state index contributed by atoms with van der Waals surface area (Å²) in [6.45, 7) is 17.1. The lowest BCUT2D eigenvalue weighted by atomic mass is 9.85. The second-order valence-corrected chi connectivity index (χ2v) is 14.1. The average molecular weight is 593 g/mol. The molecule has 44 heavy (non-hydrogen) atoms. The molecule has 0 spiro atoms. The van der Waals surface area contributed by atoms with Crippen molar-refractivity contribution in [3.63, 3.8) is 0 Å². The molecule has 4 nitrogen and oxygen atoms in total. The highest BCUT2D eigenvalue weighted by Gasteiger charge is 2.23. The van der Waals surface area contributed by atoms with Crippen molar-refractivity contribution in [1.29, 1.82) is 0 Å². The van der Waals surface area contributed by atoms with Crippen molar-refractivity contribution in [3.8, 4) is 23.0 Å². The molecule has 0 atom stereocenters. The molecule has 0 fully saturated rings. The number of fused-ring (bicyclic) bond motifs is 8. The summed E-state index contributed by atoms with van der Waals surface area (Å²) in [4.78, 5) is 0. The molecule has 0 saturated heterocycles. The normalized spacial score (nSPS) is 13.4. The maximum atomic E-state index is 11.7. The molecule has 0 radical (unpaired) electrons. The van der Waals surface area contributed by atoms with Crippen LogP contribution in [0.2, 0.25) is 0 Å². The van der Waals surface area contributed by atoms with Crippen LogP contribution in [-0.2, 0) is 25.7 Å². The van der Waals surface area contributed by atoms with Gasteiger partial charge >= 0.3 is 0 Å². The predicted octanol–water partition coefficient (Wildman–Crippen LogP) is 9.68. The van der Waals surface area contributed by atoms with E-state index in [0.717, 1.165) is 66.8 Å². The first kappa shape index (κ1) is 31.5. The van der Waals surface area contributed by atoms with Gasteiger partial charge < -0.3 is 20.4 Å². The number of benzene rings is 4. The van der Waals surface area contributed by atoms with E-state index < -0.39 is 0 Å². The van der Waals surface area contributed by atoms with Crippen molar-refractivity contribution in [1.82, 2.24) is 0 Å². The highest BCUT2D eigenvalue weighted by atomic mass is 16.3. The van der Waals surface area contributed by atoms with Gasteiger partial charge in [0.05, 0.1) is 0 Å². The molecule has 4 aromatic rings. The van der Waals surface area contributed by atoms with E-state index in [9.17, 15) is 20.4 Å². The van der Waals surface area contributed by atoms with Crippen LogP contribution in [-0.4, -0.2) is 20.4 Å². The summed E-state index contributed by atoms with van der Waals surface area (Å²) in [5.41, 5.74) is 10.5. The standard InChI is InChI=1S/C40H48O4/c1-21(2)25-9-29-17-31-11-26(22(3)4)13-33(38(31)42)19-35-15-28(24(7)8)16-36(40(35)44)20-34-14-27(23(5)6)12-32(39(34)43)18-30(10-25)37(29)41/h9-16,21-24,41-44H,17-20H2,1-8H3. The number of aromatic hydroxyl groups is 4. The fraction of sp³-hybridized carbons (Fsp3) is 0.400. The maximum absolute atomic E-state index is 11.7. The minimum Gasteiger partial charge on any atom is -0.507 e. The molecule has 5 rings (SSSR count). The molecule has 8 bridgehead atoms. The Kier molecular flexibility index (Phi) is 8.75. The number of hydrogen-bond acceptors (Lipinski definition) is 4. The third kappa shape index (κ3) is 6.18. The molecule has 0 saturated carbocycles. The van der Waals surface area contributed by atoms with Gasteiger partial charge in [-0.25, -0.2) is 0 Å². The zero-order valence-corrected chi connectivity index (χ0v) is 27.5. The quantitative estimate of drug-likeness (QED) is 0.167. The lowest BCUT2D eigenvalue weighted by Gasteiger charge is -2.22. The Labute approximate surface area is 263 Å². The summed E-state index contributed by atoms with van der Waals surface area (Å²) in [6, 6.07) is 16.4. The van der Waals surface area contributed by atoms with Gasteiger partial charge in [-0.1, -0.05) is 104 Å². The Hall–Kier alpha value is -3.92. The molecule has 0 amide bonds. The molecule has 1 aliphatic carbocycles. The van der Waals surface area contributed by atoms with Gasteiger partial charge in [0.2, 0.25) is 0 Å². The second kappa shape index (κ2) is 12.2. The van der Waals surface area contributed by atoms with E-state index in [1.54, 1.807) is 0 Å². The summed E-state index contributed by atoms with van der Waals surface area (Å²) < 4.78 is 0. The molecule has 4 heteroatoms. The minimum absolute atomic E-state index is 0.206. The summed E-state index contributed by atoms with van der Waals surface area (Å²) in [6.07, 6.45) is 1.47. The maximum Gasteiger partial charge on any atom is 0.122 e. The van der Waals surface area contributed by atoms with E-state index in [-0.39, 0.29) is 46.7 Å². The van der Waals surface area contributed by atoms with Crippen LogP contribution in [0.5, 0.6) is 23.0 Å². The fourth-order valence-corrected chi connectivity index (χ4v) is 6.38. The Bertz CT molecular complexity index is 1360. The minimum atomic E-state index is 0.206. The van der Waals surface area contributed by atoms with Crippen molar-refractivity contribution in [2.75, 3.05) is 0 Å². The molecular weight excluding hydrogens is 544 g/mol. The first-order valence-electron chi connectivity index (χ1n) is 16.1. The number of phenols is 4. The molecule has 4 N–H and O–H groups in total. The summed E-state index contributed by atoms with van der Waals surface area (Å²) in [7, 11) is 0. The highest BCUT2D eigenvalue weighted by molar-refractivity contribution is 5.58. The van der Waals surface area contributed by atoms with Gasteiger partial charge in [0.25, 0.3) is 0 Å². The second-order valence-electron chi connectivity index (χ2n) is 14.1. The number of rotatable bonds is 4. The van der Waals surface area contributed by atoms with Crippen LogP contribution in [0.1, 0.15) is 146 Å². The van der Waals surface area contributed by atoms with Gasteiger partial charge in [-0.2, -0.15) is 0 Å². The largest absolute Gasteiger partial charge is 0.507 e. The zero-order valence-electron chi connectivity index (χ0n) is 27.5. The monoisotopic (exact) mass is 592 g/mol. The molecule has 1 aliphatic rings. The van der Waals surface area contributed by atoms with Crippen LogP contribution >= 0.6 is 0 Å². The SMILES string of the molecule is CC(C)c1cc2c(O)c(c1)Cc1cc(C(C)C)cc(c1O)Cc1cc(C(C)C)cc(c1O)Cc1cc(C(C)C)cc(c1O)C2.